The molecule has 0 radical (unpaired) electrons. The van der Waals surface area contributed by atoms with Crippen molar-refractivity contribution >= 4 is 0 Å². The summed E-state index contributed by atoms with van der Waals surface area (Å²) in [5.41, 5.74) is 1.14. The number of halogens is 2. The second-order valence-corrected chi connectivity index (χ2v) is 5.95. The third-order valence-corrected chi connectivity index (χ3v) is 4.36. The van der Waals surface area contributed by atoms with Crippen LogP contribution in [0.15, 0.2) is 30.5 Å². The minimum atomic E-state index is -0.469. The summed E-state index contributed by atoms with van der Waals surface area (Å²) < 4.78 is 29.7. The van der Waals surface area contributed by atoms with E-state index in [1.165, 1.54) is 18.2 Å². The van der Waals surface area contributed by atoms with Gasteiger partial charge in [0, 0.05) is 25.4 Å². The van der Waals surface area contributed by atoms with Crippen molar-refractivity contribution in [1.29, 1.82) is 0 Å². The molecule has 118 valence electrons. The van der Waals surface area contributed by atoms with Gasteiger partial charge in [0.15, 0.2) is 0 Å². The topological polar surface area (TPSA) is 21.1 Å². The van der Waals surface area contributed by atoms with Gasteiger partial charge >= 0.3 is 0 Å². The highest BCUT2D eigenvalue weighted by Crippen LogP contribution is 2.31. The van der Waals surface area contributed by atoms with Crippen molar-refractivity contribution in [2.24, 2.45) is 7.05 Å². The van der Waals surface area contributed by atoms with Gasteiger partial charge in [0.25, 0.3) is 0 Å². The lowest BCUT2D eigenvalue weighted by Crippen LogP contribution is -2.29. The average molecular weight is 305 g/mol. The summed E-state index contributed by atoms with van der Waals surface area (Å²) in [5.74, 6) is -0.937. The summed E-state index contributed by atoms with van der Waals surface area (Å²) >= 11 is 0. The summed E-state index contributed by atoms with van der Waals surface area (Å²) in [5, 5.41) is 4.50. The van der Waals surface area contributed by atoms with Gasteiger partial charge in [0.2, 0.25) is 0 Å². The van der Waals surface area contributed by atoms with E-state index in [0.717, 1.165) is 37.9 Å². The van der Waals surface area contributed by atoms with Crippen molar-refractivity contribution in [3.63, 3.8) is 0 Å². The van der Waals surface area contributed by atoms with Gasteiger partial charge in [-0.1, -0.05) is 18.9 Å². The molecule has 1 aliphatic rings. The molecule has 1 saturated heterocycles. The highest BCUT2D eigenvalue weighted by Gasteiger charge is 2.26. The third-order valence-electron chi connectivity index (χ3n) is 4.36. The lowest BCUT2D eigenvalue weighted by atomic mass is 10.1. The zero-order valence-corrected chi connectivity index (χ0v) is 12.8. The van der Waals surface area contributed by atoms with E-state index in [9.17, 15) is 8.78 Å². The van der Waals surface area contributed by atoms with Gasteiger partial charge in [-0.2, -0.15) is 5.10 Å². The van der Waals surface area contributed by atoms with E-state index in [-0.39, 0.29) is 11.6 Å². The van der Waals surface area contributed by atoms with Crippen LogP contribution in [0.4, 0.5) is 8.78 Å². The zero-order chi connectivity index (χ0) is 15.5. The van der Waals surface area contributed by atoms with Crippen molar-refractivity contribution in [3.8, 4) is 0 Å². The maximum Gasteiger partial charge on any atom is 0.130 e. The average Bonchev–Trinajstić information content (AvgIpc) is 2.79. The molecule has 0 aliphatic carbocycles. The molecule has 0 amide bonds. The fourth-order valence-corrected chi connectivity index (χ4v) is 3.19. The molecule has 1 aromatic heterocycles. The Labute approximate surface area is 129 Å². The first-order chi connectivity index (χ1) is 10.6. The molecule has 5 heteroatoms. The van der Waals surface area contributed by atoms with Crippen LogP contribution in [0.1, 0.15) is 43.0 Å². The van der Waals surface area contributed by atoms with Crippen LogP contribution >= 0.6 is 0 Å². The van der Waals surface area contributed by atoms with Gasteiger partial charge in [-0.25, -0.2) is 8.78 Å². The number of aromatic nitrogens is 2. The third kappa shape index (κ3) is 3.19. The normalized spacial score (nSPS) is 20.0. The standard InChI is InChI=1S/C17H21F2N3/c1-21-11-9-16(20-21)17-8-3-2-4-10-22(17)12-13-14(18)6-5-7-15(13)19/h5-7,9,11,17H,2-4,8,10,12H2,1H3/t17-/m1/s1. The fourth-order valence-electron chi connectivity index (χ4n) is 3.19. The SMILES string of the molecule is Cn1ccc([C@H]2CCCCCN2Cc2c(F)cccc2F)n1. The van der Waals surface area contributed by atoms with Crippen molar-refractivity contribution in [2.75, 3.05) is 6.54 Å². The lowest BCUT2D eigenvalue weighted by molar-refractivity contribution is 0.183. The number of likely N-dealkylation sites (tertiary alicyclic amines) is 1. The number of benzene rings is 1. The summed E-state index contributed by atoms with van der Waals surface area (Å²) in [7, 11) is 1.89. The molecule has 3 rings (SSSR count). The van der Waals surface area contributed by atoms with Crippen LogP contribution in [0.5, 0.6) is 0 Å². The molecule has 0 bridgehead atoms. The van der Waals surface area contributed by atoms with Crippen molar-refractivity contribution < 1.29 is 8.78 Å². The lowest BCUT2D eigenvalue weighted by Gasteiger charge is -2.29. The maximum absolute atomic E-state index is 14.0. The van der Waals surface area contributed by atoms with Crippen molar-refractivity contribution in [1.82, 2.24) is 14.7 Å². The van der Waals surface area contributed by atoms with E-state index < -0.39 is 11.6 Å². The van der Waals surface area contributed by atoms with Gasteiger partial charge < -0.3 is 0 Å². The first kappa shape index (κ1) is 15.2. The van der Waals surface area contributed by atoms with Crippen LogP contribution in [0, 0.1) is 11.6 Å². The second-order valence-electron chi connectivity index (χ2n) is 5.95. The van der Waals surface area contributed by atoms with E-state index in [1.807, 2.05) is 19.3 Å². The molecular formula is C17H21F2N3. The molecule has 0 saturated carbocycles. The number of nitrogens with zero attached hydrogens (tertiary/aromatic N) is 3. The molecule has 1 aliphatic heterocycles. The first-order valence-corrected chi connectivity index (χ1v) is 7.81. The number of hydrogen-bond donors (Lipinski definition) is 0. The summed E-state index contributed by atoms with van der Waals surface area (Å²) in [6.07, 6.45) is 6.23. The monoisotopic (exact) mass is 305 g/mol. The van der Waals surface area contributed by atoms with Gasteiger partial charge in [-0.15, -0.1) is 0 Å². The Morgan fingerprint density at radius 3 is 2.59 bits per heavy atom. The van der Waals surface area contributed by atoms with Gasteiger partial charge in [-0.05, 0) is 37.6 Å². The second kappa shape index (κ2) is 6.57. The zero-order valence-electron chi connectivity index (χ0n) is 12.8. The van der Waals surface area contributed by atoms with E-state index in [2.05, 4.69) is 10.00 Å². The largest absolute Gasteiger partial charge is 0.290 e. The Bertz CT molecular complexity index is 618. The predicted molar refractivity (Wildman–Crippen MR) is 81.2 cm³/mol. The van der Waals surface area contributed by atoms with Crippen LogP contribution in [0.25, 0.3) is 0 Å². The first-order valence-electron chi connectivity index (χ1n) is 7.81. The van der Waals surface area contributed by atoms with Gasteiger partial charge in [-0.3, -0.25) is 9.58 Å². The van der Waals surface area contributed by atoms with Crippen LogP contribution in [-0.2, 0) is 13.6 Å². The van der Waals surface area contributed by atoms with Gasteiger partial charge in [0.05, 0.1) is 11.7 Å². The minimum absolute atomic E-state index is 0.128. The maximum atomic E-state index is 14.0. The Balaban J connectivity index is 1.87. The molecule has 2 heterocycles. The van der Waals surface area contributed by atoms with E-state index >= 15 is 0 Å². The molecule has 2 aromatic rings. The molecule has 0 spiro atoms. The molecule has 0 N–H and O–H groups in total. The highest BCUT2D eigenvalue weighted by molar-refractivity contribution is 5.20. The molecular weight excluding hydrogens is 284 g/mol. The Hall–Kier alpha value is -1.75. The molecule has 22 heavy (non-hydrogen) atoms. The highest BCUT2D eigenvalue weighted by atomic mass is 19.1. The summed E-state index contributed by atoms with van der Waals surface area (Å²) in [4.78, 5) is 2.16. The molecule has 1 fully saturated rings. The van der Waals surface area contributed by atoms with Crippen LogP contribution in [0.3, 0.4) is 0 Å². The van der Waals surface area contributed by atoms with Crippen LogP contribution < -0.4 is 0 Å². The summed E-state index contributed by atoms with van der Waals surface area (Å²) in [6.45, 7) is 1.13. The van der Waals surface area contributed by atoms with E-state index in [0.29, 0.717) is 6.54 Å². The summed E-state index contributed by atoms with van der Waals surface area (Å²) in [6, 6.07) is 6.19. The Kier molecular flexibility index (Phi) is 4.52. The predicted octanol–water partition coefficient (Wildman–Crippen LogP) is 3.82. The number of hydrogen-bond acceptors (Lipinski definition) is 2. The smallest absolute Gasteiger partial charge is 0.130 e. The van der Waals surface area contributed by atoms with E-state index in [1.54, 1.807) is 4.68 Å². The quantitative estimate of drug-likeness (QED) is 0.859. The molecule has 1 aromatic carbocycles. The van der Waals surface area contributed by atoms with Gasteiger partial charge in [0.1, 0.15) is 11.6 Å². The molecule has 0 unspecified atom stereocenters. The number of aryl methyl sites for hydroxylation is 1. The molecule has 3 nitrogen and oxygen atoms in total. The van der Waals surface area contributed by atoms with Crippen LogP contribution in [0.2, 0.25) is 0 Å². The van der Waals surface area contributed by atoms with Crippen LogP contribution in [-0.4, -0.2) is 21.2 Å². The Morgan fingerprint density at radius 1 is 1.14 bits per heavy atom. The Morgan fingerprint density at radius 2 is 1.91 bits per heavy atom. The number of rotatable bonds is 3. The van der Waals surface area contributed by atoms with Crippen molar-refractivity contribution in [3.05, 3.63) is 53.4 Å². The molecule has 1 atom stereocenters. The minimum Gasteiger partial charge on any atom is -0.290 e. The fraction of sp³-hybridized carbons (Fsp3) is 0.471. The van der Waals surface area contributed by atoms with Crippen molar-refractivity contribution in [2.45, 2.75) is 38.3 Å². The van der Waals surface area contributed by atoms with E-state index in [4.69, 9.17) is 0 Å².